The third kappa shape index (κ3) is 5.52. The fraction of sp³-hybridized carbons (Fsp3) is 0.552. The molecule has 2 aliphatic heterocycles. The molecule has 2 fully saturated rings. The normalized spacial score (nSPS) is 24.4. The van der Waals surface area contributed by atoms with Gasteiger partial charge in [-0.05, 0) is 75.6 Å². The topological polar surface area (TPSA) is 70.6 Å². The number of nitrogens with zero attached hydrogens (tertiary/aromatic N) is 4. The van der Waals surface area contributed by atoms with Gasteiger partial charge in [0, 0.05) is 61.4 Å². The summed E-state index contributed by atoms with van der Waals surface area (Å²) in [5, 5.41) is 5.41. The number of methoxy groups -OCH3 is 1. The highest BCUT2D eigenvalue weighted by Crippen LogP contribution is 2.33. The van der Waals surface area contributed by atoms with Crippen molar-refractivity contribution in [2.24, 2.45) is 5.92 Å². The number of hydrogen-bond acceptors (Lipinski definition) is 7. The van der Waals surface area contributed by atoms with E-state index in [-0.39, 0.29) is 11.9 Å². The Morgan fingerprint density at radius 3 is 2.86 bits per heavy atom. The molecule has 1 saturated carbocycles. The molecule has 37 heavy (non-hydrogen) atoms. The van der Waals surface area contributed by atoms with Gasteiger partial charge in [0.05, 0.1) is 17.3 Å². The Labute approximate surface area is 223 Å². The molecule has 0 bridgehead atoms. The number of benzene rings is 1. The van der Waals surface area contributed by atoms with Crippen molar-refractivity contribution >= 4 is 33.3 Å². The van der Waals surface area contributed by atoms with Crippen molar-refractivity contribution in [3.05, 3.63) is 52.7 Å². The average Bonchev–Trinajstić information content (AvgIpc) is 3.59. The van der Waals surface area contributed by atoms with E-state index in [0.717, 1.165) is 80.8 Å². The standard InChI is InChI=1S/C29H37N5O2S/c1-36-22-12-17-34(18-22)29-32-26-19-33(16-13-27(26)37-29)15-11-20-7-9-21(10-8-20)31-28(35)24-4-2-6-25-23(24)5-3-14-30-25/h2-6,14,20-22H,7-13,15-19H2,1H3,(H,31,35)/t20?,21?,22-/m0/s1. The Hall–Kier alpha value is -2.55. The summed E-state index contributed by atoms with van der Waals surface area (Å²) in [6.07, 6.45) is 10.1. The number of amides is 1. The lowest BCUT2D eigenvalue weighted by molar-refractivity contribution is 0.0921. The van der Waals surface area contributed by atoms with Gasteiger partial charge in [-0.15, -0.1) is 11.3 Å². The molecule has 0 radical (unpaired) electrons. The molecule has 7 nitrogen and oxygen atoms in total. The van der Waals surface area contributed by atoms with Crippen molar-refractivity contribution in [3.8, 4) is 0 Å². The van der Waals surface area contributed by atoms with E-state index < -0.39 is 0 Å². The van der Waals surface area contributed by atoms with Crippen LogP contribution in [-0.2, 0) is 17.7 Å². The quantitative estimate of drug-likeness (QED) is 0.490. The number of carbonyl (C=O) groups excluding carboxylic acids is 1. The third-order valence-electron chi connectivity index (χ3n) is 8.47. The molecule has 1 saturated heterocycles. The second-order valence-corrected chi connectivity index (χ2v) is 11.9. The van der Waals surface area contributed by atoms with E-state index in [0.29, 0.717) is 6.10 Å². The van der Waals surface area contributed by atoms with Crippen molar-refractivity contribution in [1.29, 1.82) is 0 Å². The molecule has 1 atom stereocenters. The van der Waals surface area contributed by atoms with Crippen LogP contribution < -0.4 is 10.2 Å². The van der Waals surface area contributed by atoms with Crippen molar-refractivity contribution in [1.82, 2.24) is 20.2 Å². The minimum atomic E-state index is 0.0282. The third-order valence-corrected chi connectivity index (χ3v) is 9.69. The van der Waals surface area contributed by atoms with E-state index in [1.165, 1.54) is 35.0 Å². The van der Waals surface area contributed by atoms with Gasteiger partial charge in [0.1, 0.15) is 0 Å². The molecule has 1 aromatic carbocycles. The first-order valence-corrected chi connectivity index (χ1v) is 14.6. The number of thiazole rings is 1. The number of aromatic nitrogens is 2. The number of rotatable bonds is 7. The molecule has 0 unspecified atom stereocenters. The summed E-state index contributed by atoms with van der Waals surface area (Å²) in [6, 6.07) is 9.92. The van der Waals surface area contributed by atoms with Crippen LogP contribution in [0.25, 0.3) is 10.9 Å². The zero-order chi connectivity index (χ0) is 25.2. The van der Waals surface area contributed by atoms with Crippen LogP contribution in [0.1, 0.15) is 59.5 Å². The Balaban J connectivity index is 0.959. The van der Waals surface area contributed by atoms with E-state index >= 15 is 0 Å². The van der Waals surface area contributed by atoms with Gasteiger partial charge in [-0.25, -0.2) is 4.98 Å². The maximum atomic E-state index is 13.0. The summed E-state index contributed by atoms with van der Waals surface area (Å²) in [5.41, 5.74) is 2.89. The second-order valence-electron chi connectivity index (χ2n) is 10.8. The number of hydrogen-bond donors (Lipinski definition) is 1. The minimum Gasteiger partial charge on any atom is -0.380 e. The van der Waals surface area contributed by atoms with Crippen LogP contribution in [-0.4, -0.2) is 66.2 Å². The summed E-state index contributed by atoms with van der Waals surface area (Å²) in [5.74, 6) is 0.776. The van der Waals surface area contributed by atoms with Gasteiger partial charge >= 0.3 is 0 Å². The van der Waals surface area contributed by atoms with Crippen molar-refractivity contribution in [3.63, 3.8) is 0 Å². The molecule has 196 valence electrons. The Morgan fingerprint density at radius 2 is 2.03 bits per heavy atom. The monoisotopic (exact) mass is 519 g/mol. The van der Waals surface area contributed by atoms with Crippen LogP contribution in [0.2, 0.25) is 0 Å². The number of anilines is 1. The number of carbonyl (C=O) groups is 1. The molecule has 3 aromatic rings. The fourth-order valence-electron chi connectivity index (χ4n) is 6.18. The number of fused-ring (bicyclic) bond motifs is 2. The van der Waals surface area contributed by atoms with Gasteiger partial charge in [-0.1, -0.05) is 12.1 Å². The first-order valence-electron chi connectivity index (χ1n) is 13.8. The van der Waals surface area contributed by atoms with Gasteiger partial charge in [0.2, 0.25) is 0 Å². The van der Waals surface area contributed by atoms with Crippen LogP contribution in [0.5, 0.6) is 0 Å². The molecule has 8 heteroatoms. The van der Waals surface area contributed by atoms with Crippen molar-refractivity contribution in [2.45, 2.75) is 63.6 Å². The Kier molecular flexibility index (Phi) is 7.40. The second kappa shape index (κ2) is 11.1. The summed E-state index contributed by atoms with van der Waals surface area (Å²) < 4.78 is 5.54. The highest BCUT2D eigenvalue weighted by atomic mass is 32.1. The number of pyridine rings is 1. The van der Waals surface area contributed by atoms with Gasteiger partial charge < -0.3 is 15.0 Å². The van der Waals surface area contributed by atoms with E-state index in [2.05, 4.69) is 20.1 Å². The van der Waals surface area contributed by atoms with E-state index in [9.17, 15) is 4.79 Å². The predicted octanol–water partition coefficient (Wildman–Crippen LogP) is 4.65. The molecular weight excluding hydrogens is 482 g/mol. The van der Waals surface area contributed by atoms with Crippen molar-refractivity contribution in [2.75, 3.05) is 38.2 Å². The highest BCUT2D eigenvalue weighted by molar-refractivity contribution is 7.15. The lowest BCUT2D eigenvalue weighted by Gasteiger charge is -2.32. The molecule has 1 aliphatic carbocycles. The van der Waals surface area contributed by atoms with Gasteiger partial charge in [0.25, 0.3) is 5.91 Å². The lowest BCUT2D eigenvalue weighted by atomic mass is 9.84. The van der Waals surface area contributed by atoms with E-state index in [1.807, 2.05) is 48.8 Å². The van der Waals surface area contributed by atoms with Crippen LogP contribution in [0.4, 0.5) is 5.13 Å². The predicted molar refractivity (Wildman–Crippen MR) is 148 cm³/mol. The maximum Gasteiger partial charge on any atom is 0.252 e. The van der Waals surface area contributed by atoms with Crippen LogP contribution >= 0.6 is 11.3 Å². The largest absolute Gasteiger partial charge is 0.380 e. The zero-order valence-electron chi connectivity index (χ0n) is 21.7. The van der Waals surface area contributed by atoms with Crippen LogP contribution in [0, 0.1) is 5.92 Å². The Bertz CT molecular complexity index is 1230. The number of nitrogens with one attached hydrogen (secondary N) is 1. The zero-order valence-corrected chi connectivity index (χ0v) is 22.5. The van der Waals surface area contributed by atoms with E-state index in [4.69, 9.17) is 9.72 Å². The molecular formula is C29H37N5O2S. The van der Waals surface area contributed by atoms with Crippen LogP contribution in [0.15, 0.2) is 36.5 Å². The average molecular weight is 520 g/mol. The molecule has 3 aliphatic rings. The molecule has 1 amide bonds. The molecule has 2 aromatic heterocycles. The first-order chi connectivity index (χ1) is 18.2. The van der Waals surface area contributed by atoms with Gasteiger partial charge in [0.15, 0.2) is 5.13 Å². The maximum absolute atomic E-state index is 13.0. The van der Waals surface area contributed by atoms with E-state index in [1.54, 1.807) is 6.20 Å². The SMILES string of the molecule is CO[C@H]1CCN(c2nc3c(s2)CCN(CCC2CCC(NC(=O)c4cccc5ncccc45)CC2)C3)C1. The molecule has 6 rings (SSSR count). The Morgan fingerprint density at radius 1 is 1.14 bits per heavy atom. The fourth-order valence-corrected chi connectivity index (χ4v) is 7.28. The molecule has 4 heterocycles. The summed E-state index contributed by atoms with van der Waals surface area (Å²) in [6.45, 7) is 5.29. The van der Waals surface area contributed by atoms with Gasteiger partial charge in [-0.2, -0.15) is 0 Å². The van der Waals surface area contributed by atoms with Crippen LogP contribution in [0.3, 0.4) is 0 Å². The number of ether oxygens (including phenoxy) is 1. The molecule has 1 N–H and O–H groups in total. The molecule has 0 spiro atoms. The highest BCUT2D eigenvalue weighted by Gasteiger charge is 2.28. The first kappa shape index (κ1) is 24.8. The summed E-state index contributed by atoms with van der Waals surface area (Å²) >= 11 is 1.89. The summed E-state index contributed by atoms with van der Waals surface area (Å²) in [4.78, 5) is 28.9. The van der Waals surface area contributed by atoms with Crippen molar-refractivity contribution < 1.29 is 9.53 Å². The van der Waals surface area contributed by atoms with Gasteiger partial charge in [-0.3, -0.25) is 14.7 Å². The summed E-state index contributed by atoms with van der Waals surface area (Å²) in [7, 11) is 1.81. The minimum absolute atomic E-state index is 0.0282. The smallest absolute Gasteiger partial charge is 0.252 e. The lowest BCUT2D eigenvalue weighted by Crippen LogP contribution is -2.38.